The van der Waals surface area contributed by atoms with Crippen molar-refractivity contribution in [3.05, 3.63) is 0 Å². The topological polar surface area (TPSA) is 143 Å². The Bertz CT molecular complexity index is 1190. The van der Waals surface area contributed by atoms with E-state index in [1.54, 1.807) is 0 Å². The van der Waals surface area contributed by atoms with Gasteiger partial charge < -0.3 is 26.2 Å². The number of alkyl halides is 3. The van der Waals surface area contributed by atoms with Gasteiger partial charge in [0.2, 0.25) is 17.7 Å². The third-order valence-corrected chi connectivity index (χ3v) is 11.3. The van der Waals surface area contributed by atoms with Crippen LogP contribution in [0.25, 0.3) is 0 Å². The zero-order chi connectivity index (χ0) is 30.0. The van der Waals surface area contributed by atoms with E-state index >= 15 is 0 Å². The van der Waals surface area contributed by atoms with Crippen LogP contribution in [0.3, 0.4) is 0 Å². The molecule has 10 nitrogen and oxygen atoms in total. The Morgan fingerprint density at radius 3 is 2.40 bits per heavy atom. The van der Waals surface area contributed by atoms with E-state index in [1.165, 1.54) is 4.90 Å². The van der Waals surface area contributed by atoms with E-state index in [9.17, 15) is 37.6 Å². The molecule has 0 spiro atoms. The highest BCUT2D eigenvalue weighted by Gasteiger charge is 2.64. The first-order chi connectivity index (χ1) is 19.9. The summed E-state index contributed by atoms with van der Waals surface area (Å²) >= 11 is 0. The minimum atomic E-state index is -5.16. The number of carbonyl (C=O) groups is 4. The Morgan fingerprint density at radius 2 is 1.81 bits per heavy atom. The number of nitriles is 1. The quantitative estimate of drug-likeness (QED) is 0.337. The molecule has 6 bridgehead atoms. The Balaban J connectivity index is 1.28. The molecule has 7 rings (SSSR count). The zero-order valence-corrected chi connectivity index (χ0v) is 23.8. The number of hydrogen-bond acceptors (Lipinski definition) is 6. The van der Waals surface area contributed by atoms with Crippen LogP contribution in [0.5, 0.6) is 0 Å². The van der Waals surface area contributed by atoms with Crippen molar-refractivity contribution in [1.29, 1.82) is 5.26 Å². The van der Waals surface area contributed by atoms with Gasteiger partial charge in [-0.3, -0.25) is 19.2 Å². The van der Waals surface area contributed by atoms with Crippen molar-refractivity contribution in [2.24, 2.45) is 29.1 Å². The average Bonchev–Trinajstić information content (AvgIpc) is 3.66. The molecule has 42 heavy (non-hydrogen) atoms. The van der Waals surface area contributed by atoms with Crippen LogP contribution < -0.4 is 21.3 Å². The summed E-state index contributed by atoms with van der Waals surface area (Å²) in [5.74, 6) is -3.56. The van der Waals surface area contributed by atoms with Gasteiger partial charge in [-0.15, -0.1) is 0 Å². The van der Waals surface area contributed by atoms with E-state index < -0.39 is 53.4 Å². The molecular formula is C29H39F3N6O4. The number of nitrogens with one attached hydrogen (secondary N) is 4. The molecule has 0 aromatic heterocycles. The van der Waals surface area contributed by atoms with E-state index in [4.69, 9.17) is 0 Å². The Kier molecular flexibility index (Phi) is 7.22. The third kappa shape index (κ3) is 4.93. The lowest BCUT2D eigenvalue weighted by Gasteiger charge is -2.64. The normalized spacial score (nSPS) is 39.5. The lowest BCUT2D eigenvalue weighted by atomic mass is 9.45. The first-order valence-corrected chi connectivity index (χ1v) is 15.2. The maximum absolute atomic E-state index is 14.5. The van der Waals surface area contributed by atoms with Crippen LogP contribution >= 0.6 is 0 Å². The number of carbonyl (C=O) groups excluding carboxylic acids is 4. The summed E-state index contributed by atoms with van der Waals surface area (Å²) in [4.78, 5) is 54.1. The van der Waals surface area contributed by atoms with Gasteiger partial charge in [0.1, 0.15) is 18.1 Å². The number of amides is 4. The summed E-state index contributed by atoms with van der Waals surface area (Å²) in [5, 5.41) is 20.7. The largest absolute Gasteiger partial charge is 0.471 e. The van der Waals surface area contributed by atoms with Crippen LogP contribution in [0.2, 0.25) is 0 Å². The standard InChI is InChI=1S/C29H39F3N6O4/c1-34-28-11-15-6-16(12-28)10-27(9-15,14-28)22(37-26(42)29(30,31)32)25(41)38-20-3-2-17(8-20)21(38)24(40)36-19(13-33)7-18-4-5-35-23(18)39/h15-22,34H,2-12,14H2,1H3,(H,35,39)(H,36,40)(H,37,42)/t15?,16?,17-,18-,19-,20+,21-,22+,27?,28?/m0/s1. The van der Waals surface area contributed by atoms with Gasteiger partial charge in [-0.1, -0.05) is 0 Å². The van der Waals surface area contributed by atoms with Crippen molar-refractivity contribution < 1.29 is 32.3 Å². The van der Waals surface area contributed by atoms with Crippen molar-refractivity contribution >= 4 is 23.6 Å². The van der Waals surface area contributed by atoms with Crippen molar-refractivity contribution in [3.63, 3.8) is 0 Å². The molecule has 0 radical (unpaired) electrons. The number of likely N-dealkylation sites (tertiary alicyclic amines) is 1. The Hall–Kier alpha value is -2.88. The minimum absolute atomic E-state index is 0.144. The molecule has 2 aliphatic heterocycles. The number of fused-ring (bicyclic) bond motifs is 2. The highest BCUT2D eigenvalue weighted by atomic mass is 19.4. The summed E-state index contributed by atoms with van der Waals surface area (Å²) in [7, 11) is 1.85. The number of rotatable bonds is 8. The highest BCUT2D eigenvalue weighted by Crippen LogP contribution is 2.63. The number of hydrogen-bond donors (Lipinski definition) is 4. The van der Waals surface area contributed by atoms with Gasteiger partial charge in [0, 0.05) is 29.5 Å². The summed E-state index contributed by atoms with van der Waals surface area (Å²) in [5.41, 5.74) is -1.14. The van der Waals surface area contributed by atoms with Crippen molar-refractivity contribution in [3.8, 4) is 6.07 Å². The van der Waals surface area contributed by atoms with Crippen LogP contribution in [0.4, 0.5) is 13.2 Å². The van der Waals surface area contributed by atoms with Crippen LogP contribution in [0.1, 0.15) is 70.6 Å². The molecule has 2 unspecified atom stereocenters. The zero-order valence-electron chi connectivity index (χ0n) is 23.8. The molecule has 230 valence electrons. The predicted octanol–water partition coefficient (Wildman–Crippen LogP) is 1.51. The van der Waals surface area contributed by atoms with Crippen LogP contribution in [0, 0.1) is 40.4 Å². The molecule has 2 heterocycles. The van der Waals surface area contributed by atoms with Crippen LogP contribution in [-0.2, 0) is 19.2 Å². The second-order valence-electron chi connectivity index (χ2n) is 13.9. The Morgan fingerprint density at radius 1 is 1.10 bits per heavy atom. The maximum atomic E-state index is 14.5. The van der Waals surface area contributed by atoms with Gasteiger partial charge in [-0.25, -0.2) is 0 Å². The van der Waals surface area contributed by atoms with Crippen molar-refractivity contribution in [1.82, 2.24) is 26.2 Å². The van der Waals surface area contributed by atoms with Gasteiger partial charge >= 0.3 is 12.1 Å². The van der Waals surface area contributed by atoms with E-state index in [0.29, 0.717) is 51.5 Å². The van der Waals surface area contributed by atoms with E-state index in [2.05, 4.69) is 27.3 Å². The van der Waals surface area contributed by atoms with Crippen molar-refractivity contribution in [2.45, 2.75) is 107 Å². The predicted molar refractivity (Wildman–Crippen MR) is 142 cm³/mol. The second-order valence-corrected chi connectivity index (χ2v) is 13.9. The smallest absolute Gasteiger partial charge is 0.356 e. The van der Waals surface area contributed by atoms with Crippen LogP contribution in [0.15, 0.2) is 0 Å². The summed E-state index contributed by atoms with van der Waals surface area (Å²) < 4.78 is 40.9. The molecule has 13 heteroatoms. The molecule has 2 saturated heterocycles. The van der Waals surface area contributed by atoms with Gasteiger partial charge in [-0.2, -0.15) is 18.4 Å². The monoisotopic (exact) mass is 592 g/mol. The molecule has 7 fully saturated rings. The molecule has 4 amide bonds. The van der Waals surface area contributed by atoms with Crippen molar-refractivity contribution in [2.75, 3.05) is 13.6 Å². The number of nitrogens with zero attached hydrogens (tertiary/aromatic N) is 2. The second kappa shape index (κ2) is 10.4. The fourth-order valence-corrected chi connectivity index (χ4v) is 10.0. The summed E-state index contributed by atoms with van der Waals surface area (Å²) in [6.07, 6.45) is 1.75. The Labute approximate surface area is 242 Å². The van der Waals surface area contributed by atoms with Crippen LogP contribution in [-0.4, -0.2) is 78.0 Å². The molecule has 5 saturated carbocycles. The minimum Gasteiger partial charge on any atom is -0.356 e. The summed E-state index contributed by atoms with van der Waals surface area (Å²) in [6, 6.07) is -1.56. The summed E-state index contributed by atoms with van der Waals surface area (Å²) in [6.45, 7) is 0.508. The third-order valence-electron chi connectivity index (χ3n) is 11.3. The molecule has 4 N–H and O–H groups in total. The molecular weight excluding hydrogens is 553 g/mol. The maximum Gasteiger partial charge on any atom is 0.471 e. The van der Waals surface area contributed by atoms with E-state index in [0.717, 1.165) is 19.3 Å². The molecule has 8 atom stereocenters. The van der Waals surface area contributed by atoms with Gasteiger partial charge in [0.15, 0.2) is 0 Å². The van der Waals surface area contributed by atoms with Gasteiger partial charge in [0.05, 0.1) is 6.07 Å². The lowest BCUT2D eigenvalue weighted by molar-refractivity contribution is -0.180. The first-order valence-electron chi connectivity index (χ1n) is 15.2. The first kappa shape index (κ1) is 29.2. The number of halogens is 3. The fourth-order valence-electron chi connectivity index (χ4n) is 10.0. The lowest BCUT2D eigenvalue weighted by Crippen LogP contribution is -2.70. The van der Waals surface area contributed by atoms with Gasteiger partial charge in [0.25, 0.3) is 0 Å². The highest BCUT2D eigenvalue weighted by molar-refractivity contribution is 5.95. The van der Waals surface area contributed by atoms with Gasteiger partial charge in [-0.05, 0) is 95.4 Å². The molecule has 0 aromatic rings. The number of piperidine rings is 1. The molecule has 0 aromatic carbocycles. The molecule has 7 aliphatic rings. The average molecular weight is 593 g/mol. The SMILES string of the molecule is CNC12CC3CC(C1)CC([C@H](NC(=O)C(F)(F)F)C(=O)N1[C@@H]4CC[C@@H](C4)[C@H]1C(=O)N[C@H](C#N)C[C@@H]1CCNC1=O)(C3)C2. The fraction of sp³-hybridized carbons (Fsp3) is 0.828. The van der Waals surface area contributed by atoms with E-state index in [-0.39, 0.29) is 41.7 Å². The van der Waals surface area contributed by atoms with E-state index in [1.807, 2.05) is 7.05 Å². The molecule has 5 aliphatic carbocycles.